The second-order valence-corrected chi connectivity index (χ2v) is 8.00. The van der Waals surface area contributed by atoms with Gasteiger partial charge < -0.3 is 10.0 Å². The molecule has 0 bridgehead atoms. The molecule has 6 heteroatoms. The molecule has 4 atom stereocenters. The summed E-state index contributed by atoms with van der Waals surface area (Å²) in [7, 11) is 0. The van der Waals surface area contributed by atoms with Crippen LogP contribution in [0.15, 0.2) is 6.33 Å². The highest BCUT2D eigenvalue weighted by atomic mass is 16.3. The number of hydrogen-bond acceptors (Lipinski definition) is 5. The lowest BCUT2D eigenvalue weighted by Crippen LogP contribution is -2.48. The van der Waals surface area contributed by atoms with Crippen molar-refractivity contribution in [1.29, 1.82) is 0 Å². The first-order valence-corrected chi connectivity index (χ1v) is 9.54. The molecule has 1 aromatic heterocycles. The predicted molar refractivity (Wildman–Crippen MR) is 94.2 cm³/mol. The SMILES string of the molecule is Cc1ncnc(C)c1C(=O)N1C[C@H]2C[C@@H](N3CCCC3)[C@H](O)C[C@H]2C1. The van der Waals surface area contributed by atoms with E-state index in [1.54, 1.807) is 0 Å². The molecule has 3 aliphatic rings. The van der Waals surface area contributed by atoms with E-state index in [4.69, 9.17) is 0 Å². The van der Waals surface area contributed by atoms with Crippen molar-refractivity contribution in [3.8, 4) is 0 Å². The monoisotopic (exact) mass is 344 g/mol. The number of hydrogen-bond donors (Lipinski definition) is 1. The van der Waals surface area contributed by atoms with Gasteiger partial charge in [0.25, 0.3) is 5.91 Å². The van der Waals surface area contributed by atoms with Crippen LogP contribution in [0.3, 0.4) is 0 Å². The molecular formula is C19H28N4O2. The number of aryl methyl sites for hydroxylation is 2. The van der Waals surface area contributed by atoms with Crippen LogP contribution >= 0.6 is 0 Å². The molecular weight excluding hydrogens is 316 g/mol. The minimum absolute atomic E-state index is 0.0530. The van der Waals surface area contributed by atoms with Crippen molar-refractivity contribution in [3.05, 3.63) is 23.3 Å². The third kappa shape index (κ3) is 3.06. The lowest BCUT2D eigenvalue weighted by molar-refractivity contribution is -0.000865. The molecule has 1 saturated carbocycles. The smallest absolute Gasteiger partial charge is 0.257 e. The van der Waals surface area contributed by atoms with E-state index in [9.17, 15) is 9.90 Å². The van der Waals surface area contributed by atoms with Gasteiger partial charge in [0.1, 0.15) is 6.33 Å². The van der Waals surface area contributed by atoms with E-state index in [2.05, 4.69) is 14.9 Å². The molecule has 4 rings (SSSR count). The van der Waals surface area contributed by atoms with E-state index >= 15 is 0 Å². The molecule has 2 aliphatic heterocycles. The summed E-state index contributed by atoms with van der Waals surface area (Å²) in [6.07, 6.45) is 5.58. The minimum Gasteiger partial charge on any atom is -0.391 e. The van der Waals surface area contributed by atoms with Crippen LogP contribution in [0, 0.1) is 25.7 Å². The fourth-order valence-corrected chi connectivity index (χ4v) is 5.10. The standard InChI is InChI=1S/C19H28N4O2/c1-12-18(13(2)21-11-20-12)19(25)23-9-14-7-16(22-5-3-4-6-22)17(24)8-15(14)10-23/h11,14-17,24H,3-10H2,1-2H3/t14-,15+,16-,17-/m1/s1. The normalized spacial score (nSPS) is 32.8. The molecule has 3 fully saturated rings. The Balaban J connectivity index is 1.48. The molecule has 0 spiro atoms. The lowest BCUT2D eigenvalue weighted by Gasteiger charge is -2.40. The van der Waals surface area contributed by atoms with E-state index in [0.717, 1.165) is 50.4 Å². The van der Waals surface area contributed by atoms with Crippen molar-refractivity contribution >= 4 is 5.91 Å². The molecule has 1 amide bonds. The molecule has 1 N–H and O–H groups in total. The summed E-state index contributed by atoms with van der Waals surface area (Å²) < 4.78 is 0. The topological polar surface area (TPSA) is 69.6 Å². The first-order chi connectivity index (χ1) is 12.0. The molecule has 0 radical (unpaired) electrons. The molecule has 1 aliphatic carbocycles. The van der Waals surface area contributed by atoms with Crippen molar-refractivity contribution in [3.63, 3.8) is 0 Å². The van der Waals surface area contributed by atoms with Crippen LogP contribution in [0.2, 0.25) is 0 Å². The van der Waals surface area contributed by atoms with E-state index in [1.807, 2.05) is 18.7 Å². The van der Waals surface area contributed by atoms with E-state index in [-0.39, 0.29) is 18.1 Å². The summed E-state index contributed by atoms with van der Waals surface area (Å²) in [5.41, 5.74) is 2.16. The minimum atomic E-state index is -0.252. The number of amides is 1. The summed E-state index contributed by atoms with van der Waals surface area (Å²) in [6.45, 7) is 7.52. The third-order valence-corrected chi connectivity index (χ3v) is 6.45. The van der Waals surface area contributed by atoms with Crippen LogP contribution in [0.1, 0.15) is 47.4 Å². The summed E-state index contributed by atoms with van der Waals surface area (Å²) >= 11 is 0. The number of carbonyl (C=O) groups is 1. The molecule has 25 heavy (non-hydrogen) atoms. The largest absolute Gasteiger partial charge is 0.391 e. The first kappa shape index (κ1) is 16.9. The van der Waals surface area contributed by atoms with Gasteiger partial charge in [-0.15, -0.1) is 0 Å². The maximum absolute atomic E-state index is 13.0. The van der Waals surface area contributed by atoms with Gasteiger partial charge in [-0.3, -0.25) is 9.69 Å². The average Bonchev–Trinajstić information content (AvgIpc) is 3.22. The Morgan fingerprint density at radius 2 is 1.68 bits per heavy atom. The summed E-state index contributed by atoms with van der Waals surface area (Å²) in [5, 5.41) is 10.6. The number of aliphatic hydroxyl groups excluding tert-OH is 1. The van der Waals surface area contributed by atoms with Crippen LogP contribution in [0.4, 0.5) is 0 Å². The summed E-state index contributed by atoms with van der Waals surface area (Å²) in [5.74, 6) is 0.975. The summed E-state index contributed by atoms with van der Waals surface area (Å²) in [4.78, 5) is 25.8. The number of nitrogens with zero attached hydrogens (tertiary/aromatic N) is 4. The molecule has 2 saturated heterocycles. The quantitative estimate of drug-likeness (QED) is 0.878. The van der Waals surface area contributed by atoms with Gasteiger partial charge in [-0.05, 0) is 64.5 Å². The highest BCUT2D eigenvalue weighted by molar-refractivity contribution is 5.96. The molecule has 6 nitrogen and oxygen atoms in total. The molecule has 136 valence electrons. The fraction of sp³-hybridized carbons (Fsp3) is 0.737. The van der Waals surface area contributed by atoms with E-state index in [0.29, 0.717) is 17.4 Å². The Morgan fingerprint density at radius 1 is 1.08 bits per heavy atom. The van der Waals surface area contributed by atoms with Crippen molar-refractivity contribution in [2.45, 2.75) is 51.7 Å². The Kier molecular flexibility index (Phi) is 4.50. The fourth-order valence-electron chi connectivity index (χ4n) is 5.10. The van der Waals surface area contributed by atoms with Gasteiger partial charge in [-0.25, -0.2) is 9.97 Å². The van der Waals surface area contributed by atoms with Gasteiger partial charge in [0.15, 0.2) is 0 Å². The second-order valence-electron chi connectivity index (χ2n) is 8.00. The zero-order valence-corrected chi connectivity index (χ0v) is 15.2. The number of aliphatic hydroxyl groups is 1. The zero-order chi connectivity index (χ0) is 17.6. The number of carbonyl (C=O) groups excluding carboxylic acids is 1. The van der Waals surface area contributed by atoms with E-state index < -0.39 is 0 Å². The maximum Gasteiger partial charge on any atom is 0.257 e. The maximum atomic E-state index is 13.0. The van der Waals surface area contributed by atoms with Crippen LogP contribution < -0.4 is 0 Å². The van der Waals surface area contributed by atoms with Crippen molar-refractivity contribution in [1.82, 2.24) is 19.8 Å². The average molecular weight is 344 g/mol. The molecule has 0 unspecified atom stereocenters. The Hall–Kier alpha value is -1.53. The zero-order valence-electron chi connectivity index (χ0n) is 15.2. The van der Waals surface area contributed by atoms with Gasteiger partial charge in [-0.2, -0.15) is 0 Å². The Morgan fingerprint density at radius 3 is 2.32 bits per heavy atom. The van der Waals surface area contributed by atoms with Crippen LogP contribution in [-0.2, 0) is 0 Å². The lowest BCUT2D eigenvalue weighted by atomic mass is 9.77. The number of fused-ring (bicyclic) bond motifs is 1. The summed E-state index contributed by atoms with van der Waals surface area (Å²) in [6, 6.07) is 0.280. The van der Waals surface area contributed by atoms with E-state index in [1.165, 1.54) is 19.2 Å². The highest BCUT2D eigenvalue weighted by Gasteiger charge is 2.45. The van der Waals surface area contributed by atoms with Crippen LogP contribution in [0.5, 0.6) is 0 Å². The Bertz CT molecular complexity index is 639. The van der Waals surface area contributed by atoms with Gasteiger partial charge >= 0.3 is 0 Å². The van der Waals surface area contributed by atoms with Gasteiger partial charge in [0, 0.05) is 19.1 Å². The number of rotatable bonds is 2. The molecule has 3 heterocycles. The van der Waals surface area contributed by atoms with Crippen molar-refractivity contribution in [2.24, 2.45) is 11.8 Å². The Labute approximate surface area is 149 Å². The molecule has 1 aromatic rings. The van der Waals surface area contributed by atoms with Crippen LogP contribution in [-0.4, -0.2) is 69.1 Å². The van der Waals surface area contributed by atoms with Gasteiger partial charge in [-0.1, -0.05) is 0 Å². The molecule has 0 aromatic carbocycles. The van der Waals surface area contributed by atoms with Crippen molar-refractivity contribution in [2.75, 3.05) is 26.2 Å². The van der Waals surface area contributed by atoms with Crippen LogP contribution in [0.25, 0.3) is 0 Å². The number of likely N-dealkylation sites (tertiary alicyclic amines) is 2. The van der Waals surface area contributed by atoms with Gasteiger partial charge in [0.05, 0.1) is 23.1 Å². The number of aromatic nitrogens is 2. The predicted octanol–water partition coefficient (Wildman–Crippen LogP) is 1.40. The van der Waals surface area contributed by atoms with Crippen molar-refractivity contribution < 1.29 is 9.90 Å². The third-order valence-electron chi connectivity index (χ3n) is 6.45. The van der Waals surface area contributed by atoms with Gasteiger partial charge in [0.2, 0.25) is 0 Å². The highest BCUT2D eigenvalue weighted by Crippen LogP contribution is 2.39. The first-order valence-electron chi connectivity index (χ1n) is 9.54. The second kappa shape index (κ2) is 6.65.